The highest BCUT2D eigenvalue weighted by atomic mass is 35.5. The van der Waals surface area contributed by atoms with E-state index in [1.54, 1.807) is 13.3 Å². The first-order chi connectivity index (χ1) is 17.1. The van der Waals surface area contributed by atoms with Crippen LogP contribution in [0.4, 0.5) is 11.4 Å². The van der Waals surface area contributed by atoms with Crippen LogP contribution in [0.2, 0.25) is 10.0 Å². The van der Waals surface area contributed by atoms with Crippen LogP contribution in [0.3, 0.4) is 0 Å². The Morgan fingerprint density at radius 3 is 2.63 bits per heavy atom. The molecule has 3 aromatic rings. The Hall–Kier alpha value is -3.61. The van der Waals surface area contributed by atoms with Crippen molar-refractivity contribution in [2.45, 2.75) is 18.9 Å². The van der Waals surface area contributed by atoms with Crippen molar-refractivity contribution in [3.05, 3.63) is 88.3 Å². The highest BCUT2D eigenvalue weighted by Gasteiger charge is 2.22. The Morgan fingerprint density at radius 2 is 1.83 bits per heavy atom. The van der Waals surface area contributed by atoms with Crippen LogP contribution in [0.25, 0.3) is 28.1 Å². The quantitative estimate of drug-likeness (QED) is 0.274. The lowest BCUT2D eigenvalue weighted by molar-refractivity contribution is 0.400. The van der Waals surface area contributed by atoms with Gasteiger partial charge < -0.3 is 14.6 Å². The van der Waals surface area contributed by atoms with Crippen molar-refractivity contribution in [3.63, 3.8) is 0 Å². The smallest absolute Gasteiger partial charge is 0.237 e. The third-order valence-corrected chi connectivity index (χ3v) is 6.70. The Kier molecular flexibility index (Phi) is 5.55. The van der Waals surface area contributed by atoms with Gasteiger partial charge in [-0.2, -0.15) is 0 Å². The number of pyridine rings is 1. The Bertz CT molecular complexity index is 1610. The van der Waals surface area contributed by atoms with E-state index in [9.17, 15) is 0 Å². The van der Waals surface area contributed by atoms with E-state index in [4.69, 9.17) is 37.9 Å². The minimum Gasteiger partial charge on any atom is -0.480 e. The minimum atomic E-state index is 0.329. The summed E-state index contributed by atoms with van der Waals surface area (Å²) in [6.07, 6.45) is 3.89. The van der Waals surface area contributed by atoms with Gasteiger partial charge in [-0.15, -0.1) is 0 Å². The van der Waals surface area contributed by atoms with Gasteiger partial charge in [0, 0.05) is 11.9 Å². The molecule has 1 aromatic heterocycles. The van der Waals surface area contributed by atoms with Gasteiger partial charge in [-0.3, -0.25) is 4.99 Å². The fraction of sp³-hybridized carbons (Fsp3) is 0.148. The van der Waals surface area contributed by atoms with Crippen LogP contribution in [-0.4, -0.2) is 27.7 Å². The fourth-order valence-electron chi connectivity index (χ4n) is 4.15. The lowest BCUT2D eigenvalue weighted by Crippen LogP contribution is -2.16. The van der Waals surface area contributed by atoms with E-state index in [-0.39, 0.29) is 0 Å². The van der Waals surface area contributed by atoms with Gasteiger partial charge in [0.25, 0.3) is 0 Å². The maximum atomic E-state index is 6.41. The molecule has 1 N–H and O–H groups in total. The zero-order valence-corrected chi connectivity index (χ0v) is 20.4. The number of ether oxygens (including phenoxy) is 1. The molecule has 8 heteroatoms. The molecule has 0 atom stereocenters. The zero-order valence-electron chi connectivity index (χ0n) is 18.9. The van der Waals surface area contributed by atoms with Crippen molar-refractivity contribution < 1.29 is 4.74 Å². The fourth-order valence-corrected chi connectivity index (χ4v) is 4.44. The highest BCUT2D eigenvalue weighted by Crippen LogP contribution is 2.34. The van der Waals surface area contributed by atoms with E-state index in [0.29, 0.717) is 22.0 Å². The number of hydrogen-bond donors (Lipinski definition) is 1. The van der Waals surface area contributed by atoms with E-state index in [1.165, 1.54) is 0 Å². The number of anilines is 2. The molecule has 0 spiro atoms. The minimum absolute atomic E-state index is 0.329. The molecule has 2 aliphatic carbocycles. The largest absolute Gasteiger partial charge is 0.480 e. The van der Waals surface area contributed by atoms with E-state index < -0.39 is 0 Å². The highest BCUT2D eigenvalue weighted by molar-refractivity contribution is 6.42. The predicted molar refractivity (Wildman–Crippen MR) is 140 cm³/mol. The van der Waals surface area contributed by atoms with E-state index in [2.05, 4.69) is 27.0 Å². The summed E-state index contributed by atoms with van der Waals surface area (Å²) < 4.78 is 7.60. The van der Waals surface area contributed by atoms with Gasteiger partial charge in [0.2, 0.25) is 5.88 Å². The molecule has 0 radical (unpaired) electrons. The first kappa shape index (κ1) is 21.9. The summed E-state index contributed by atoms with van der Waals surface area (Å²) in [5, 5.41) is 5.34. The van der Waals surface area contributed by atoms with Crippen molar-refractivity contribution >= 4 is 45.6 Å². The maximum absolute atomic E-state index is 6.41. The van der Waals surface area contributed by atoms with Crippen LogP contribution in [0, 0.1) is 0 Å². The van der Waals surface area contributed by atoms with Crippen molar-refractivity contribution in [2.24, 2.45) is 4.99 Å². The summed E-state index contributed by atoms with van der Waals surface area (Å²) in [6.45, 7) is 0. The summed E-state index contributed by atoms with van der Waals surface area (Å²) in [7, 11) is 1.61. The van der Waals surface area contributed by atoms with Crippen molar-refractivity contribution in [1.82, 2.24) is 14.5 Å². The Balaban J connectivity index is 1.64. The van der Waals surface area contributed by atoms with Crippen LogP contribution in [-0.2, 0) is 0 Å². The molecule has 6 nitrogen and oxygen atoms in total. The van der Waals surface area contributed by atoms with E-state index in [1.807, 2.05) is 54.6 Å². The maximum Gasteiger partial charge on any atom is 0.237 e. The molecular formula is C27H21Cl2N5O. The number of rotatable bonds is 5. The topological polar surface area (TPSA) is 64.3 Å². The van der Waals surface area contributed by atoms with Gasteiger partial charge in [0.1, 0.15) is 5.69 Å². The lowest BCUT2D eigenvalue weighted by atomic mass is 10.1. The van der Waals surface area contributed by atoms with Gasteiger partial charge in [-0.1, -0.05) is 35.3 Å². The average Bonchev–Trinajstić information content (AvgIpc) is 3.69. The molecule has 2 heterocycles. The average molecular weight is 502 g/mol. The van der Waals surface area contributed by atoms with E-state index in [0.717, 1.165) is 57.7 Å². The van der Waals surface area contributed by atoms with Crippen LogP contribution in [0.5, 0.6) is 5.88 Å². The second kappa shape index (κ2) is 8.87. The van der Waals surface area contributed by atoms with Gasteiger partial charge in [0.15, 0.2) is 0 Å². The lowest BCUT2D eigenvalue weighted by Gasteiger charge is -2.20. The summed E-state index contributed by atoms with van der Waals surface area (Å²) in [6, 6.07) is 21.9. The number of benzene rings is 3. The number of nitrogens with one attached hydrogen (secondary N) is 1. The molecule has 174 valence electrons. The van der Waals surface area contributed by atoms with E-state index >= 15 is 0 Å². The second-order valence-corrected chi connectivity index (χ2v) is 9.25. The molecule has 0 amide bonds. The molecule has 1 aliphatic heterocycles. The monoisotopic (exact) mass is 501 g/mol. The SMILES string of the molecule is COc1ncccc1Nc1cc2nc3ccccc3n(-c3ccc(Cl)c(Cl)c3)c-2cc1=NC1CC1. The predicted octanol–water partition coefficient (Wildman–Crippen LogP) is 6.65. The second-order valence-electron chi connectivity index (χ2n) is 8.44. The third kappa shape index (κ3) is 4.20. The third-order valence-electron chi connectivity index (χ3n) is 5.96. The van der Waals surface area contributed by atoms with Crippen molar-refractivity contribution in [1.29, 1.82) is 0 Å². The van der Waals surface area contributed by atoms with Gasteiger partial charge in [-0.25, -0.2) is 9.97 Å². The molecule has 1 fully saturated rings. The van der Waals surface area contributed by atoms with Crippen molar-refractivity contribution in [2.75, 3.05) is 12.4 Å². The molecule has 0 bridgehead atoms. The van der Waals surface area contributed by atoms with Gasteiger partial charge >= 0.3 is 0 Å². The number of nitrogens with zero attached hydrogens (tertiary/aromatic N) is 4. The Labute approximate surface area is 212 Å². The number of halogens is 2. The number of fused-ring (bicyclic) bond motifs is 2. The molecule has 3 aliphatic rings. The number of para-hydroxylation sites is 2. The summed E-state index contributed by atoms with van der Waals surface area (Å²) in [5.41, 5.74) is 6.07. The number of hydrogen-bond acceptors (Lipinski definition) is 5. The summed E-state index contributed by atoms with van der Waals surface area (Å²) >= 11 is 12.6. The summed E-state index contributed by atoms with van der Waals surface area (Å²) in [5.74, 6) is 0.516. The first-order valence-electron chi connectivity index (χ1n) is 11.3. The van der Waals surface area contributed by atoms with Crippen LogP contribution >= 0.6 is 23.2 Å². The number of methoxy groups -OCH3 is 1. The molecule has 35 heavy (non-hydrogen) atoms. The van der Waals surface area contributed by atoms with Gasteiger partial charge in [-0.05, 0) is 67.4 Å². The van der Waals surface area contributed by atoms with Crippen LogP contribution in [0.1, 0.15) is 12.8 Å². The van der Waals surface area contributed by atoms with Crippen molar-refractivity contribution in [3.8, 4) is 23.0 Å². The molecule has 0 saturated heterocycles. The Morgan fingerprint density at radius 1 is 0.971 bits per heavy atom. The van der Waals surface area contributed by atoms with Gasteiger partial charge in [0.05, 0.1) is 56.7 Å². The van der Waals surface area contributed by atoms with Crippen LogP contribution < -0.4 is 15.4 Å². The normalized spacial score (nSPS) is 14.0. The molecule has 6 rings (SSSR count). The first-order valence-corrected chi connectivity index (χ1v) is 12.1. The van der Waals surface area contributed by atoms with Crippen LogP contribution in [0.15, 0.2) is 77.9 Å². The zero-order chi connectivity index (χ0) is 23.9. The molecular weight excluding hydrogens is 481 g/mol. The number of aromatic nitrogens is 3. The molecule has 1 saturated carbocycles. The molecule has 0 unspecified atom stereocenters. The summed E-state index contributed by atoms with van der Waals surface area (Å²) in [4.78, 5) is 14.3. The standard InChI is InChI=1S/C27H21Cl2N5O/c1-35-27-21(6-4-12-30-27)33-22-14-24-26(15-23(22)31-16-8-9-16)34(17-10-11-18(28)19(29)13-17)25-7-3-2-5-20(25)32-24/h2-7,10-16,33H,8-9H2,1H3. The molecule has 2 aromatic carbocycles.